The standard InChI is InChI=1S/C18H26NO2.BrH/c1-14-18(2,3)15-10-7-8-11-16(15)19(14)13-9-5-6-12-17(20)21-4;/h7-8,10-11H,5-6,9,12-13H2,1-4H3;1H/q+1;/p-1. The van der Waals surface area contributed by atoms with E-state index in [0.717, 1.165) is 25.8 Å². The fourth-order valence-electron chi connectivity index (χ4n) is 3.06. The maximum atomic E-state index is 11.1. The Kier molecular flexibility index (Phi) is 6.79. The average Bonchev–Trinajstić information content (AvgIpc) is 2.67. The van der Waals surface area contributed by atoms with Crippen molar-refractivity contribution in [3.8, 4) is 0 Å². The number of fused-ring (bicyclic) bond motifs is 1. The molecule has 0 unspecified atom stereocenters. The molecule has 0 aliphatic carbocycles. The Labute approximate surface area is 144 Å². The molecule has 2 rings (SSSR count). The van der Waals surface area contributed by atoms with Crippen LogP contribution >= 0.6 is 0 Å². The molecule has 0 bridgehead atoms. The molecule has 1 aliphatic heterocycles. The summed E-state index contributed by atoms with van der Waals surface area (Å²) in [6.45, 7) is 7.83. The number of methoxy groups -OCH3 is 1. The Morgan fingerprint density at radius 2 is 1.86 bits per heavy atom. The zero-order valence-electron chi connectivity index (χ0n) is 14.0. The number of hydrogen-bond donors (Lipinski definition) is 0. The number of esters is 1. The van der Waals surface area contributed by atoms with Crippen LogP contribution in [0.15, 0.2) is 24.3 Å². The number of nitrogens with zero attached hydrogens (tertiary/aromatic N) is 1. The average molecular weight is 368 g/mol. The normalized spacial score (nSPS) is 15.3. The molecule has 0 N–H and O–H groups in total. The van der Waals surface area contributed by atoms with E-state index >= 15 is 0 Å². The highest BCUT2D eigenvalue weighted by Crippen LogP contribution is 2.39. The summed E-state index contributed by atoms with van der Waals surface area (Å²) in [5.74, 6) is -0.106. The molecule has 1 heterocycles. The Hall–Kier alpha value is -1.16. The molecule has 1 aromatic carbocycles. The zero-order chi connectivity index (χ0) is 15.5. The van der Waals surface area contributed by atoms with Crippen molar-refractivity contribution in [2.24, 2.45) is 0 Å². The van der Waals surface area contributed by atoms with Crippen LogP contribution in [0.4, 0.5) is 5.69 Å². The minimum absolute atomic E-state index is 0. The number of carbonyl (C=O) groups excluding carboxylic acids is 1. The van der Waals surface area contributed by atoms with Gasteiger partial charge in [-0.25, -0.2) is 0 Å². The van der Waals surface area contributed by atoms with Gasteiger partial charge in [0.1, 0.15) is 6.54 Å². The summed E-state index contributed by atoms with van der Waals surface area (Å²) in [6.07, 6.45) is 3.59. The zero-order valence-corrected chi connectivity index (χ0v) is 15.6. The van der Waals surface area contributed by atoms with Crippen LogP contribution in [0.3, 0.4) is 0 Å². The fourth-order valence-corrected chi connectivity index (χ4v) is 3.06. The van der Waals surface area contributed by atoms with Crippen LogP contribution < -0.4 is 17.0 Å². The Morgan fingerprint density at radius 3 is 2.55 bits per heavy atom. The maximum Gasteiger partial charge on any atom is 0.305 e. The number of ether oxygens (including phenoxy) is 1. The summed E-state index contributed by atoms with van der Waals surface area (Å²) in [4.78, 5) is 11.1. The number of halogens is 1. The van der Waals surface area contributed by atoms with Gasteiger partial charge in [0.15, 0.2) is 5.71 Å². The number of benzene rings is 1. The first kappa shape index (κ1) is 18.9. The fraction of sp³-hybridized carbons (Fsp3) is 0.556. The monoisotopic (exact) mass is 367 g/mol. The summed E-state index contributed by atoms with van der Waals surface area (Å²) >= 11 is 0. The van der Waals surface area contributed by atoms with Crippen molar-refractivity contribution in [2.75, 3.05) is 13.7 Å². The van der Waals surface area contributed by atoms with Gasteiger partial charge in [0, 0.05) is 31.4 Å². The SMILES string of the molecule is COC(=O)CCCCC[N+]1=C(C)C(C)(C)c2ccccc21.[Br-]. The lowest BCUT2D eigenvalue weighted by Gasteiger charge is -2.14. The van der Waals surface area contributed by atoms with Crippen molar-refractivity contribution in [3.63, 3.8) is 0 Å². The molecule has 122 valence electrons. The van der Waals surface area contributed by atoms with Crippen molar-refractivity contribution in [1.82, 2.24) is 0 Å². The first-order chi connectivity index (χ1) is 9.98. The molecule has 0 atom stereocenters. The smallest absolute Gasteiger partial charge is 0.305 e. The molecular formula is C18H26BrNO2. The quantitative estimate of drug-likeness (QED) is 0.423. The minimum atomic E-state index is -0.106. The van der Waals surface area contributed by atoms with Gasteiger partial charge in [-0.15, -0.1) is 0 Å². The van der Waals surface area contributed by atoms with Gasteiger partial charge in [-0.05, 0) is 26.7 Å². The number of carbonyl (C=O) groups is 1. The number of unbranched alkanes of at least 4 members (excludes halogenated alkanes) is 2. The minimum Gasteiger partial charge on any atom is -1.00 e. The third kappa shape index (κ3) is 3.78. The van der Waals surface area contributed by atoms with Crippen molar-refractivity contribution < 1.29 is 31.1 Å². The van der Waals surface area contributed by atoms with E-state index in [0.29, 0.717) is 6.42 Å². The first-order valence-electron chi connectivity index (χ1n) is 7.76. The third-order valence-electron chi connectivity index (χ3n) is 4.67. The van der Waals surface area contributed by atoms with Crippen molar-refractivity contribution in [3.05, 3.63) is 29.8 Å². The van der Waals surface area contributed by atoms with Crippen molar-refractivity contribution >= 4 is 17.4 Å². The Bertz CT molecular complexity index is 564. The third-order valence-corrected chi connectivity index (χ3v) is 4.67. The molecule has 0 radical (unpaired) electrons. The summed E-state index contributed by atoms with van der Waals surface area (Å²) in [6, 6.07) is 8.67. The lowest BCUT2D eigenvalue weighted by molar-refractivity contribution is -0.439. The van der Waals surface area contributed by atoms with Gasteiger partial charge in [-0.2, -0.15) is 4.58 Å². The largest absolute Gasteiger partial charge is 1.00 e. The summed E-state index contributed by atoms with van der Waals surface area (Å²) < 4.78 is 7.11. The van der Waals surface area contributed by atoms with Crippen LogP contribution in [-0.4, -0.2) is 29.9 Å². The molecule has 3 nitrogen and oxygen atoms in total. The predicted molar refractivity (Wildman–Crippen MR) is 85.4 cm³/mol. The molecule has 22 heavy (non-hydrogen) atoms. The van der Waals surface area contributed by atoms with Gasteiger partial charge in [0.2, 0.25) is 5.69 Å². The molecule has 1 aliphatic rings. The van der Waals surface area contributed by atoms with Gasteiger partial charge < -0.3 is 21.7 Å². The highest BCUT2D eigenvalue weighted by molar-refractivity contribution is 5.93. The Morgan fingerprint density at radius 1 is 1.18 bits per heavy atom. The second-order valence-electron chi connectivity index (χ2n) is 6.27. The van der Waals surface area contributed by atoms with E-state index in [1.807, 2.05) is 0 Å². The molecule has 4 heteroatoms. The van der Waals surface area contributed by atoms with Gasteiger partial charge in [-0.1, -0.05) is 18.2 Å². The summed E-state index contributed by atoms with van der Waals surface area (Å²) in [7, 11) is 1.45. The summed E-state index contributed by atoms with van der Waals surface area (Å²) in [5, 5.41) is 0. The topological polar surface area (TPSA) is 29.3 Å². The number of para-hydroxylation sites is 1. The van der Waals surface area contributed by atoms with Crippen molar-refractivity contribution in [2.45, 2.75) is 51.9 Å². The van der Waals surface area contributed by atoms with E-state index in [4.69, 9.17) is 0 Å². The van der Waals surface area contributed by atoms with Crippen LogP contribution in [-0.2, 0) is 14.9 Å². The van der Waals surface area contributed by atoms with Gasteiger partial charge >= 0.3 is 5.97 Å². The van der Waals surface area contributed by atoms with Crippen LogP contribution in [0, 0.1) is 0 Å². The highest BCUT2D eigenvalue weighted by Gasteiger charge is 2.42. The van der Waals surface area contributed by atoms with Gasteiger partial charge in [-0.3, -0.25) is 4.79 Å². The van der Waals surface area contributed by atoms with Crippen LogP contribution in [0.2, 0.25) is 0 Å². The Balaban J connectivity index is 0.00000242. The van der Waals surface area contributed by atoms with Gasteiger partial charge in [0.25, 0.3) is 0 Å². The van der Waals surface area contributed by atoms with E-state index in [1.165, 1.54) is 24.1 Å². The van der Waals surface area contributed by atoms with E-state index in [9.17, 15) is 4.79 Å². The molecular weight excluding hydrogens is 342 g/mol. The molecule has 0 fully saturated rings. The second kappa shape index (κ2) is 7.91. The number of rotatable bonds is 6. The summed E-state index contributed by atoms with van der Waals surface area (Å²) in [5.41, 5.74) is 4.28. The van der Waals surface area contributed by atoms with E-state index in [2.05, 4.69) is 54.3 Å². The van der Waals surface area contributed by atoms with Gasteiger partial charge in [0.05, 0.1) is 12.5 Å². The molecule has 0 saturated heterocycles. The number of hydrogen-bond acceptors (Lipinski definition) is 2. The van der Waals surface area contributed by atoms with Crippen LogP contribution in [0.5, 0.6) is 0 Å². The lowest BCUT2D eigenvalue weighted by atomic mass is 9.82. The first-order valence-corrected chi connectivity index (χ1v) is 7.76. The lowest BCUT2D eigenvalue weighted by Crippen LogP contribution is -3.00. The predicted octanol–water partition coefficient (Wildman–Crippen LogP) is 0.820. The van der Waals surface area contributed by atoms with E-state index in [1.54, 1.807) is 0 Å². The molecule has 0 aromatic heterocycles. The second-order valence-corrected chi connectivity index (χ2v) is 6.27. The molecule has 0 amide bonds. The van der Waals surface area contributed by atoms with Crippen LogP contribution in [0.25, 0.3) is 0 Å². The molecule has 0 saturated carbocycles. The molecule has 0 spiro atoms. The van der Waals surface area contributed by atoms with Crippen LogP contribution in [0.1, 0.15) is 52.0 Å². The highest BCUT2D eigenvalue weighted by atomic mass is 79.9. The van der Waals surface area contributed by atoms with Crippen molar-refractivity contribution in [1.29, 1.82) is 0 Å². The van der Waals surface area contributed by atoms with E-state index < -0.39 is 0 Å². The van der Waals surface area contributed by atoms with E-state index in [-0.39, 0.29) is 28.4 Å². The molecule has 1 aromatic rings. The maximum absolute atomic E-state index is 11.1.